The van der Waals surface area contributed by atoms with Crippen LogP contribution in [0.3, 0.4) is 0 Å². The molecule has 0 radical (unpaired) electrons. The van der Waals surface area contributed by atoms with E-state index in [0.717, 1.165) is 24.5 Å². The molecule has 0 aliphatic carbocycles. The first-order valence-electron chi connectivity index (χ1n) is 16.0. The number of nitrogens with zero attached hydrogens (tertiary/aromatic N) is 2. The second-order valence-electron chi connectivity index (χ2n) is 13.3. The minimum Gasteiger partial charge on any atom is -0.623 e. The molecule has 2 aromatic rings. The van der Waals surface area contributed by atoms with Crippen molar-refractivity contribution in [3.8, 4) is 0 Å². The van der Waals surface area contributed by atoms with Crippen LogP contribution in [0.1, 0.15) is 45.7 Å². The van der Waals surface area contributed by atoms with Gasteiger partial charge in [-0.3, -0.25) is 9.63 Å². The lowest BCUT2D eigenvalue weighted by molar-refractivity contribution is -0.469. The van der Waals surface area contributed by atoms with Crippen LogP contribution in [0.4, 0.5) is 0 Å². The van der Waals surface area contributed by atoms with Crippen molar-refractivity contribution >= 4 is 71.7 Å². The zero-order valence-electron chi connectivity index (χ0n) is 29.5. The molecule has 0 spiro atoms. The van der Waals surface area contributed by atoms with Gasteiger partial charge in [0.25, 0.3) is 6.21 Å². The van der Waals surface area contributed by atoms with Crippen molar-refractivity contribution < 1.29 is 43.3 Å². The number of ether oxygens (including phenoxy) is 2. The van der Waals surface area contributed by atoms with Crippen molar-refractivity contribution in [2.45, 2.75) is 90.2 Å². The Morgan fingerprint density at radius 3 is 2.27 bits per heavy atom. The van der Waals surface area contributed by atoms with Crippen LogP contribution < -0.4 is 0 Å². The second kappa shape index (κ2) is 20.2. The molecule has 2 aliphatic rings. The molecule has 0 aromatic heterocycles. The lowest BCUT2D eigenvalue weighted by Crippen LogP contribution is -2.40. The Morgan fingerprint density at radius 2 is 1.73 bits per heavy atom. The summed E-state index contributed by atoms with van der Waals surface area (Å²) in [7, 11) is -0.376. The van der Waals surface area contributed by atoms with E-state index in [1.807, 2.05) is 55.5 Å². The van der Waals surface area contributed by atoms with Crippen LogP contribution >= 0.6 is 45.2 Å². The molecule has 5 atom stereocenters. The van der Waals surface area contributed by atoms with E-state index in [1.54, 1.807) is 18.1 Å². The largest absolute Gasteiger partial charge is 0.623 e. The molecule has 11 nitrogen and oxygen atoms in total. The smallest absolute Gasteiger partial charge is 0.396 e. The predicted molar refractivity (Wildman–Crippen MR) is 208 cm³/mol. The number of fused-ring (bicyclic) bond motifs is 1. The first-order chi connectivity index (χ1) is 22.9. The SMILES string of the molecule is COC(=O)/C=[N+](\[O-])Cc1cccc(I)c1.C[C@@H]1OC(=O)[C@@H]2[C@H]1[C@H](CO)ON2Cc1cccc(I)c1.C[C@H](O)/C=C\CO[Si](C)(C)C(C)(C)C. The molecule has 2 saturated heterocycles. The number of hydrogen-bond acceptors (Lipinski definition) is 10. The summed E-state index contributed by atoms with van der Waals surface area (Å²) in [5, 5.41) is 31.6. The molecular formula is C35H50I2N2O9Si. The summed E-state index contributed by atoms with van der Waals surface area (Å²) >= 11 is 4.41. The number of carbonyl (C=O) groups is 2. The van der Waals surface area contributed by atoms with Gasteiger partial charge in [-0.1, -0.05) is 57.2 Å². The van der Waals surface area contributed by atoms with E-state index in [9.17, 15) is 19.9 Å². The van der Waals surface area contributed by atoms with Crippen molar-refractivity contribution in [3.05, 3.63) is 84.2 Å². The highest BCUT2D eigenvalue weighted by Gasteiger charge is 2.56. The first kappa shape index (κ1) is 43.2. The minimum atomic E-state index is -1.61. The number of hydrogen-bond donors (Lipinski definition) is 2. The molecule has 2 heterocycles. The van der Waals surface area contributed by atoms with Gasteiger partial charge in [0.15, 0.2) is 14.9 Å². The van der Waals surface area contributed by atoms with E-state index >= 15 is 0 Å². The molecule has 49 heavy (non-hydrogen) atoms. The van der Waals surface area contributed by atoms with Crippen LogP contribution in [0, 0.1) is 18.3 Å². The molecule has 272 valence electrons. The Morgan fingerprint density at radius 1 is 1.14 bits per heavy atom. The maximum absolute atomic E-state index is 12.0. The van der Waals surface area contributed by atoms with E-state index in [1.165, 1.54) is 7.11 Å². The van der Waals surface area contributed by atoms with Gasteiger partial charge in [0.1, 0.15) is 18.2 Å². The fourth-order valence-electron chi connectivity index (χ4n) is 4.73. The Hall–Kier alpha value is -1.93. The van der Waals surface area contributed by atoms with Crippen molar-refractivity contribution in [1.29, 1.82) is 0 Å². The van der Waals surface area contributed by atoms with E-state index in [4.69, 9.17) is 19.1 Å². The molecule has 0 saturated carbocycles. The van der Waals surface area contributed by atoms with Gasteiger partial charge >= 0.3 is 11.9 Å². The van der Waals surface area contributed by atoms with Crippen molar-refractivity contribution in [2.75, 3.05) is 20.3 Å². The second-order valence-corrected chi connectivity index (χ2v) is 20.6. The zero-order valence-corrected chi connectivity index (χ0v) is 34.8. The van der Waals surface area contributed by atoms with Crippen molar-refractivity contribution in [2.24, 2.45) is 5.92 Å². The van der Waals surface area contributed by atoms with E-state index < -0.39 is 20.3 Å². The lowest BCUT2D eigenvalue weighted by Gasteiger charge is -2.35. The Labute approximate surface area is 318 Å². The number of carbonyl (C=O) groups excluding carboxylic acids is 2. The predicted octanol–water partition coefficient (Wildman–Crippen LogP) is 5.82. The number of rotatable bonds is 10. The van der Waals surface area contributed by atoms with Gasteiger partial charge in [0.05, 0.1) is 38.9 Å². The van der Waals surface area contributed by atoms with Crippen LogP contribution in [0.15, 0.2) is 60.7 Å². The third kappa shape index (κ3) is 14.3. The normalized spacial score (nSPS) is 21.6. The van der Waals surface area contributed by atoms with Crippen molar-refractivity contribution in [3.63, 3.8) is 0 Å². The third-order valence-electron chi connectivity index (χ3n) is 8.31. The number of methoxy groups -OCH3 is 1. The molecule has 2 fully saturated rings. The Bertz CT molecular complexity index is 1430. The molecule has 2 aliphatic heterocycles. The van der Waals surface area contributed by atoms with Crippen LogP contribution in [-0.4, -0.2) is 91.2 Å². The summed E-state index contributed by atoms with van der Waals surface area (Å²) in [5.41, 5.74) is 1.93. The summed E-state index contributed by atoms with van der Waals surface area (Å²) in [6.45, 7) is 15.9. The van der Waals surface area contributed by atoms with E-state index in [0.29, 0.717) is 17.9 Å². The summed E-state index contributed by atoms with van der Waals surface area (Å²) in [5.74, 6) is -1.00. The Kier molecular flexibility index (Phi) is 17.8. The fraction of sp³-hybridized carbons (Fsp3) is 0.514. The fourth-order valence-corrected chi connectivity index (χ4v) is 6.89. The number of esters is 2. The first-order valence-corrected chi connectivity index (χ1v) is 21.0. The van der Waals surface area contributed by atoms with Gasteiger partial charge in [-0.25, -0.2) is 9.53 Å². The number of hydroxylamine groups is 3. The quantitative estimate of drug-likeness (QED) is 0.0438. The molecule has 0 amide bonds. The van der Waals surface area contributed by atoms with Crippen LogP contribution in [0.2, 0.25) is 18.1 Å². The molecule has 14 heteroatoms. The summed E-state index contributed by atoms with van der Waals surface area (Å²) in [6.07, 6.45) is 3.57. The van der Waals surface area contributed by atoms with Crippen molar-refractivity contribution in [1.82, 2.24) is 5.06 Å². The van der Waals surface area contributed by atoms with Gasteiger partial charge in [-0.15, -0.1) is 0 Å². The summed E-state index contributed by atoms with van der Waals surface area (Å²) < 4.78 is 18.2. The molecular weight excluding hydrogens is 874 g/mol. The lowest BCUT2D eigenvalue weighted by atomic mass is 9.93. The van der Waals surface area contributed by atoms with E-state index in [-0.39, 0.29) is 48.4 Å². The Balaban J connectivity index is 0.000000262. The van der Waals surface area contributed by atoms with Gasteiger partial charge in [-0.2, -0.15) is 5.06 Å². The average Bonchev–Trinajstić information content (AvgIpc) is 3.52. The molecule has 4 rings (SSSR count). The number of halogens is 2. The number of cyclic esters (lactones) is 1. The zero-order chi connectivity index (χ0) is 36.9. The van der Waals surface area contributed by atoms with Crippen LogP contribution in [0.25, 0.3) is 0 Å². The molecule has 2 N–H and O–H groups in total. The highest BCUT2D eigenvalue weighted by Crippen LogP contribution is 2.38. The average molecular weight is 925 g/mol. The maximum atomic E-state index is 12.0. The van der Waals surface area contributed by atoms with Gasteiger partial charge in [-0.05, 0) is 107 Å². The monoisotopic (exact) mass is 924 g/mol. The van der Waals surface area contributed by atoms with Gasteiger partial charge < -0.3 is 29.3 Å². The molecule has 0 unspecified atom stereocenters. The number of aliphatic hydroxyl groups is 2. The summed E-state index contributed by atoms with van der Waals surface area (Å²) in [4.78, 5) is 28.5. The highest BCUT2D eigenvalue weighted by atomic mass is 127. The topological polar surface area (TPSA) is 141 Å². The minimum absolute atomic E-state index is 0.102. The molecule has 2 aromatic carbocycles. The van der Waals surface area contributed by atoms with Crippen LogP contribution in [0.5, 0.6) is 0 Å². The maximum Gasteiger partial charge on any atom is 0.396 e. The number of aliphatic hydroxyl groups excluding tert-OH is 2. The summed E-state index contributed by atoms with van der Waals surface area (Å²) in [6, 6.07) is 15.1. The van der Waals surface area contributed by atoms with Crippen LogP contribution in [-0.2, 0) is 41.4 Å². The standard InChI is InChI=1S/C14H16INO4.C11H24O2Si.C10H10INO3/c1-8-12-11(7-17)20-16(13(12)14(18)19-8)6-9-3-2-4-10(15)5-9;1-10(12)8-7-9-13-14(5,6)11(2,3)4;1-15-10(13)7-12(14)6-8-3-2-4-9(11)5-8/h2-5,8,11-13,17H,6-7H2,1H3;7-8,10,12H,9H2,1-6H3;2-5,7H,6H2,1H3/b;8-7-;12-7-/t8-,11-,12+,13-;10-;/m00./s1. The molecule has 0 bridgehead atoms. The third-order valence-corrected chi connectivity index (χ3v) is 14.1. The number of benzene rings is 2. The van der Waals surface area contributed by atoms with Gasteiger partial charge in [0.2, 0.25) is 0 Å². The van der Waals surface area contributed by atoms with E-state index in [2.05, 4.69) is 89.9 Å². The van der Waals surface area contributed by atoms with Gasteiger partial charge in [0, 0.05) is 12.7 Å². The highest BCUT2D eigenvalue weighted by molar-refractivity contribution is 14.1.